The third kappa shape index (κ3) is 2.88. The van der Waals surface area contributed by atoms with Crippen LogP contribution in [0.25, 0.3) is 0 Å². The van der Waals surface area contributed by atoms with Crippen LogP contribution in [-0.4, -0.2) is 27.1 Å². The van der Waals surface area contributed by atoms with Gasteiger partial charge in [-0.25, -0.2) is 4.39 Å². The fourth-order valence-corrected chi connectivity index (χ4v) is 1.24. The number of carboxylic acid groups (broad SMARTS) is 1. The van der Waals surface area contributed by atoms with E-state index >= 15 is 0 Å². The van der Waals surface area contributed by atoms with Crippen LogP contribution >= 0.6 is 0 Å². The maximum Gasteiger partial charge on any atom is 0.320 e. The Morgan fingerprint density at radius 3 is 2.65 bits per heavy atom. The highest BCUT2D eigenvalue weighted by molar-refractivity contribution is 5.73. The molecule has 0 spiro atoms. The lowest BCUT2D eigenvalue weighted by atomic mass is 10.1. The molecule has 0 aliphatic heterocycles. The van der Waals surface area contributed by atoms with Crippen molar-refractivity contribution in [3.05, 3.63) is 33.6 Å². The number of nitro benzene ring substituents is 1. The predicted octanol–water partition coefficient (Wildman–Crippen LogP) is 0.394. The van der Waals surface area contributed by atoms with Gasteiger partial charge in [0.1, 0.15) is 6.04 Å². The van der Waals surface area contributed by atoms with Gasteiger partial charge in [0.25, 0.3) is 0 Å². The Morgan fingerprint density at radius 2 is 2.18 bits per heavy atom. The van der Waals surface area contributed by atoms with Crippen LogP contribution in [0.15, 0.2) is 12.1 Å². The quantitative estimate of drug-likeness (QED) is 0.519. The van der Waals surface area contributed by atoms with Crippen LogP contribution in [-0.2, 0) is 11.2 Å². The molecule has 8 heteroatoms. The highest BCUT2D eigenvalue weighted by Gasteiger charge is 2.21. The first-order valence-electron chi connectivity index (χ1n) is 4.47. The van der Waals surface area contributed by atoms with Gasteiger partial charge in [0.15, 0.2) is 5.82 Å². The van der Waals surface area contributed by atoms with Crippen LogP contribution in [0.5, 0.6) is 5.75 Å². The fraction of sp³-hybridized carbons (Fsp3) is 0.222. The highest BCUT2D eigenvalue weighted by Crippen LogP contribution is 2.30. The summed E-state index contributed by atoms with van der Waals surface area (Å²) in [7, 11) is 0. The number of carboxylic acids is 1. The van der Waals surface area contributed by atoms with Gasteiger partial charge in [-0.1, -0.05) is 0 Å². The van der Waals surface area contributed by atoms with Crippen LogP contribution in [0.4, 0.5) is 10.1 Å². The van der Waals surface area contributed by atoms with Crippen molar-refractivity contribution in [2.75, 3.05) is 0 Å². The second-order valence-electron chi connectivity index (χ2n) is 3.35. The van der Waals surface area contributed by atoms with E-state index in [1.807, 2.05) is 0 Å². The minimum atomic E-state index is -1.30. The molecule has 0 fully saturated rings. The Labute approximate surface area is 94.4 Å². The van der Waals surface area contributed by atoms with Crippen molar-refractivity contribution in [3.63, 3.8) is 0 Å². The zero-order chi connectivity index (χ0) is 13.2. The second-order valence-corrected chi connectivity index (χ2v) is 3.35. The number of phenolic OH excluding ortho intramolecular Hbond substituents is 1. The summed E-state index contributed by atoms with van der Waals surface area (Å²) in [6, 6.07) is 0.408. The number of halogens is 1. The van der Waals surface area contributed by atoms with Gasteiger partial charge in [-0.3, -0.25) is 14.9 Å². The molecule has 1 aromatic rings. The number of nitrogens with two attached hydrogens (primary N) is 1. The number of rotatable bonds is 4. The maximum absolute atomic E-state index is 13.1. The van der Waals surface area contributed by atoms with Crippen molar-refractivity contribution in [1.29, 1.82) is 0 Å². The summed E-state index contributed by atoms with van der Waals surface area (Å²) in [5, 5.41) is 28.1. The van der Waals surface area contributed by atoms with Crippen LogP contribution in [0.3, 0.4) is 0 Å². The number of aromatic hydroxyl groups is 1. The average Bonchev–Trinajstić information content (AvgIpc) is 2.22. The predicted molar refractivity (Wildman–Crippen MR) is 54.0 cm³/mol. The molecule has 0 aromatic heterocycles. The Balaban J connectivity index is 3.11. The molecule has 0 aliphatic rings. The molecule has 0 saturated heterocycles. The van der Waals surface area contributed by atoms with E-state index in [0.717, 1.165) is 12.1 Å². The Bertz CT molecular complexity index is 477. The molecule has 0 heterocycles. The third-order valence-electron chi connectivity index (χ3n) is 2.07. The number of hydrogen-bond donors (Lipinski definition) is 3. The van der Waals surface area contributed by atoms with E-state index in [4.69, 9.17) is 15.9 Å². The van der Waals surface area contributed by atoms with E-state index < -0.39 is 34.2 Å². The molecule has 1 rings (SSSR count). The van der Waals surface area contributed by atoms with Crippen LogP contribution < -0.4 is 5.73 Å². The van der Waals surface area contributed by atoms with E-state index in [1.54, 1.807) is 0 Å². The van der Waals surface area contributed by atoms with Crippen molar-refractivity contribution >= 4 is 11.7 Å². The summed E-state index contributed by atoms with van der Waals surface area (Å²) < 4.78 is 13.1. The van der Waals surface area contributed by atoms with E-state index in [-0.39, 0.29) is 12.0 Å². The molecule has 0 aliphatic carbocycles. The Morgan fingerprint density at radius 1 is 1.59 bits per heavy atom. The molecule has 0 bridgehead atoms. The molecule has 4 N–H and O–H groups in total. The average molecular weight is 244 g/mol. The van der Waals surface area contributed by atoms with Crippen LogP contribution in [0.2, 0.25) is 0 Å². The van der Waals surface area contributed by atoms with Gasteiger partial charge < -0.3 is 15.9 Å². The smallest absolute Gasteiger partial charge is 0.320 e. The molecule has 0 amide bonds. The first-order chi connectivity index (χ1) is 7.82. The number of benzene rings is 1. The SMILES string of the molecule is NC(Cc1cc(F)c(O)c([N+](=O)[O-])c1)C(=O)O. The van der Waals surface area contributed by atoms with Crippen molar-refractivity contribution < 1.29 is 24.3 Å². The number of carbonyl (C=O) groups is 1. The first-order valence-corrected chi connectivity index (χ1v) is 4.47. The topological polar surface area (TPSA) is 127 Å². The van der Waals surface area contributed by atoms with Gasteiger partial charge in [-0.15, -0.1) is 0 Å². The van der Waals surface area contributed by atoms with Crippen LogP contribution in [0.1, 0.15) is 5.56 Å². The molecule has 1 atom stereocenters. The summed E-state index contributed by atoms with van der Waals surface area (Å²) in [6.45, 7) is 0. The molecule has 0 radical (unpaired) electrons. The lowest BCUT2D eigenvalue weighted by molar-refractivity contribution is -0.386. The fourth-order valence-electron chi connectivity index (χ4n) is 1.24. The normalized spacial score (nSPS) is 12.1. The van der Waals surface area contributed by atoms with Crippen LogP contribution in [0, 0.1) is 15.9 Å². The second kappa shape index (κ2) is 4.74. The monoisotopic (exact) mass is 244 g/mol. The van der Waals surface area contributed by atoms with Gasteiger partial charge in [-0.05, 0) is 18.1 Å². The molecular formula is C9H9FN2O5. The molecule has 1 unspecified atom stereocenters. The van der Waals surface area contributed by atoms with Gasteiger partial charge >= 0.3 is 11.7 Å². The lowest BCUT2D eigenvalue weighted by Gasteiger charge is -2.07. The van der Waals surface area contributed by atoms with E-state index in [2.05, 4.69) is 0 Å². The molecule has 1 aromatic carbocycles. The summed E-state index contributed by atoms with van der Waals surface area (Å²) in [6.07, 6.45) is -0.270. The summed E-state index contributed by atoms with van der Waals surface area (Å²) >= 11 is 0. The van der Waals surface area contributed by atoms with E-state index in [1.165, 1.54) is 0 Å². The van der Waals surface area contributed by atoms with Crippen molar-refractivity contribution in [3.8, 4) is 5.75 Å². The van der Waals surface area contributed by atoms with Gasteiger partial charge in [0.2, 0.25) is 5.75 Å². The molecule has 92 valence electrons. The zero-order valence-corrected chi connectivity index (χ0v) is 8.46. The highest BCUT2D eigenvalue weighted by atomic mass is 19.1. The molecule has 0 saturated carbocycles. The number of nitro groups is 1. The van der Waals surface area contributed by atoms with Gasteiger partial charge in [0.05, 0.1) is 4.92 Å². The molecule has 17 heavy (non-hydrogen) atoms. The Hall–Kier alpha value is -2.22. The minimum Gasteiger partial charge on any atom is -0.500 e. The van der Waals surface area contributed by atoms with Crippen molar-refractivity contribution in [2.45, 2.75) is 12.5 Å². The standard InChI is InChI=1S/C9H9FN2O5/c10-5-1-4(2-6(11)9(14)15)3-7(8(5)13)12(16)17/h1,3,6,13H,2,11H2,(H,14,15). The summed E-state index contributed by atoms with van der Waals surface area (Å²) in [5.41, 5.74) is 4.42. The van der Waals surface area contributed by atoms with E-state index in [0.29, 0.717) is 0 Å². The minimum absolute atomic E-state index is 0.0295. The lowest BCUT2D eigenvalue weighted by Crippen LogP contribution is -2.32. The zero-order valence-electron chi connectivity index (χ0n) is 8.46. The summed E-state index contributed by atoms with van der Waals surface area (Å²) in [5.74, 6) is -3.57. The number of nitrogens with zero attached hydrogens (tertiary/aromatic N) is 1. The number of aliphatic carboxylic acids is 1. The number of phenols is 1. The van der Waals surface area contributed by atoms with Gasteiger partial charge in [0, 0.05) is 6.07 Å². The van der Waals surface area contributed by atoms with Crippen molar-refractivity contribution in [1.82, 2.24) is 0 Å². The van der Waals surface area contributed by atoms with Gasteiger partial charge in [-0.2, -0.15) is 0 Å². The first kappa shape index (κ1) is 12.8. The Kier molecular flexibility index (Phi) is 3.59. The summed E-state index contributed by atoms with van der Waals surface area (Å²) in [4.78, 5) is 20.0. The number of hydrogen-bond acceptors (Lipinski definition) is 5. The molecular weight excluding hydrogens is 235 g/mol. The largest absolute Gasteiger partial charge is 0.500 e. The molecule has 7 nitrogen and oxygen atoms in total. The van der Waals surface area contributed by atoms with Crippen molar-refractivity contribution in [2.24, 2.45) is 5.73 Å². The van der Waals surface area contributed by atoms with E-state index in [9.17, 15) is 19.3 Å². The maximum atomic E-state index is 13.1. The third-order valence-corrected chi connectivity index (χ3v) is 2.07.